The monoisotopic (exact) mass is 280 g/mol. The van der Waals surface area contributed by atoms with Crippen molar-refractivity contribution in [3.8, 4) is 0 Å². The summed E-state index contributed by atoms with van der Waals surface area (Å²) in [6.07, 6.45) is 5.17. The van der Waals surface area contributed by atoms with Gasteiger partial charge >= 0.3 is 0 Å². The Hall–Kier alpha value is -1.06. The molecule has 0 radical (unpaired) electrons. The molecule has 2 aliphatic rings. The minimum atomic E-state index is -0.771. The summed E-state index contributed by atoms with van der Waals surface area (Å²) in [5, 5.41) is 2.85. The lowest BCUT2D eigenvalue weighted by molar-refractivity contribution is -0.141. The zero-order valence-electron chi connectivity index (χ0n) is 13.2. The highest BCUT2D eigenvalue weighted by atomic mass is 16.2. The highest BCUT2D eigenvalue weighted by molar-refractivity contribution is 5.93. The standard InChI is InChI=1S/C16H28N2O2/c1-11(2)12-7-5-6-8-13(12)18-10-9-14(19)17-16(3,4)15(18)20/h11-13H,5-10H2,1-4H3,(H,17,19). The van der Waals surface area contributed by atoms with E-state index in [0.29, 0.717) is 30.8 Å². The molecule has 0 aromatic heterocycles. The maximum absolute atomic E-state index is 12.8. The molecule has 20 heavy (non-hydrogen) atoms. The number of amides is 2. The largest absolute Gasteiger partial charge is 0.342 e. The average Bonchev–Trinajstić information content (AvgIpc) is 2.47. The van der Waals surface area contributed by atoms with E-state index in [9.17, 15) is 9.59 Å². The van der Waals surface area contributed by atoms with Gasteiger partial charge in [-0.25, -0.2) is 0 Å². The number of rotatable bonds is 2. The van der Waals surface area contributed by atoms with Crippen LogP contribution in [0.4, 0.5) is 0 Å². The van der Waals surface area contributed by atoms with Gasteiger partial charge in [-0.1, -0.05) is 26.7 Å². The molecule has 2 fully saturated rings. The maximum Gasteiger partial charge on any atom is 0.248 e. The van der Waals surface area contributed by atoms with E-state index >= 15 is 0 Å². The molecule has 4 heteroatoms. The third kappa shape index (κ3) is 2.99. The normalized spacial score (nSPS) is 31.1. The van der Waals surface area contributed by atoms with E-state index in [1.807, 2.05) is 18.7 Å². The van der Waals surface area contributed by atoms with Gasteiger partial charge in [-0.3, -0.25) is 9.59 Å². The summed E-state index contributed by atoms with van der Waals surface area (Å²) in [6.45, 7) is 8.71. The van der Waals surface area contributed by atoms with Crippen LogP contribution in [0.5, 0.6) is 0 Å². The predicted octanol–water partition coefficient (Wildman–Crippen LogP) is 2.33. The summed E-state index contributed by atoms with van der Waals surface area (Å²) in [5.74, 6) is 1.23. The maximum atomic E-state index is 12.8. The van der Waals surface area contributed by atoms with Crippen molar-refractivity contribution in [2.24, 2.45) is 11.8 Å². The highest BCUT2D eigenvalue weighted by Gasteiger charge is 2.42. The van der Waals surface area contributed by atoms with Crippen molar-refractivity contribution in [1.29, 1.82) is 0 Å². The SMILES string of the molecule is CC(C)C1CCCCC1N1CCC(=O)NC(C)(C)C1=O. The van der Waals surface area contributed by atoms with Crippen LogP contribution in [0.25, 0.3) is 0 Å². The second-order valence-corrected chi connectivity index (χ2v) is 7.18. The molecule has 4 nitrogen and oxygen atoms in total. The fourth-order valence-corrected chi connectivity index (χ4v) is 3.77. The minimum Gasteiger partial charge on any atom is -0.342 e. The molecule has 2 unspecified atom stereocenters. The number of nitrogens with zero attached hydrogens (tertiary/aromatic N) is 1. The molecule has 114 valence electrons. The van der Waals surface area contributed by atoms with Crippen LogP contribution in [0.2, 0.25) is 0 Å². The first-order chi connectivity index (χ1) is 9.33. The van der Waals surface area contributed by atoms with Crippen molar-refractivity contribution in [3.63, 3.8) is 0 Å². The Kier molecular flexibility index (Phi) is 4.40. The Balaban J connectivity index is 2.24. The van der Waals surface area contributed by atoms with Gasteiger partial charge in [-0.05, 0) is 38.5 Å². The van der Waals surface area contributed by atoms with Crippen LogP contribution < -0.4 is 5.32 Å². The minimum absolute atomic E-state index is 0.0113. The molecule has 1 aliphatic heterocycles. The molecule has 2 atom stereocenters. The van der Waals surface area contributed by atoms with E-state index in [0.717, 1.165) is 6.42 Å². The van der Waals surface area contributed by atoms with Gasteiger partial charge in [0, 0.05) is 19.0 Å². The number of carbonyl (C=O) groups excluding carboxylic acids is 2. The summed E-state index contributed by atoms with van der Waals surface area (Å²) in [6, 6.07) is 0.309. The van der Waals surface area contributed by atoms with Crippen LogP contribution in [-0.4, -0.2) is 34.8 Å². The van der Waals surface area contributed by atoms with E-state index in [1.54, 1.807) is 0 Å². The quantitative estimate of drug-likeness (QED) is 0.844. The zero-order chi connectivity index (χ0) is 14.9. The lowest BCUT2D eigenvalue weighted by atomic mass is 9.76. The van der Waals surface area contributed by atoms with Crippen molar-refractivity contribution in [3.05, 3.63) is 0 Å². The van der Waals surface area contributed by atoms with Crippen LogP contribution >= 0.6 is 0 Å². The molecule has 1 saturated carbocycles. The fourth-order valence-electron chi connectivity index (χ4n) is 3.77. The van der Waals surface area contributed by atoms with Crippen LogP contribution in [0, 0.1) is 11.8 Å². The summed E-state index contributed by atoms with van der Waals surface area (Å²) in [5.41, 5.74) is -0.771. The Bertz CT molecular complexity index is 390. The summed E-state index contributed by atoms with van der Waals surface area (Å²) in [7, 11) is 0. The first-order valence-electron chi connectivity index (χ1n) is 7.95. The smallest absolute Gasteiger partial charge is 0.248 e. The van der Waals surface area contributed by atoms with E-state index in [2.05, 4.69) is 19.2 Å². The van der Waals surface area contributed by atoms with Gasteiger partial charge in [-0.15, -0.1) is 0 Å². The number of hydrogen-bond donors (Lipinski definition) is 1. The molecule has 0 bridgehead atoms. The molecule has 1 N–H and O–H groups in total. The lowest BCUT2D eigenvalue weighted by Gasteiger charge is -2.43. The van der Waals surface area contributed by atoms with Crippen LogP contribution in [0.3, 0.4) is 0 Å². The van der Waals surface area contributed by atoms with Crippen molar-refractivity contribution in [2.45, 2.75) is 71.4 Å². The van der Waals surface area contributed by atoms with Gasteiger partial charge in [0.1, 0.15) is 5.54 Å². The lowest BCUT2D eigenvalue weighted by Crippen LogP contribution is -2.57. The van der Waals surface area contributed by atoms with Crippen molar-refractivity contribution < 1.29 is 9.59 Å². The van der Waals surface area contributed by atoms with Gasteiger partial charge in [0.15, 0.2) is 0 Å². The van der Waals surface area contributed by atoms with E-state index < -0.39 is 5.54 Å². The average molecular weight is 280 g/mol. The first-order valence-corrected chi connectivity index (χ1v) is 7.95. The molecule has 0 spiro atoms. The molecule has 1 saturated heterocycles. The number of hydrogen-bond acceptors (Lipinski definition) is 2. The Labute approximate surface area is 122 Å². The van der Waals surface area contributed by atoms with Crippen LogP contribution in [-0.2, 0) is 9.59 Å². The molecular weight excluding hydrogens is 252 g/mol. The van der Waals surface area contributed by atoms with E-state index in [4.69, 9.17) is 0 Å². The van der Waals surface area contributed by atoms with Gasteiger partial charge in [-0.2, -0.15) is 0 Å². The molecule has 0 aromatic carbocycles. The third-order valence-electron chi connectivity index (χ3n) is 4.87. The Morgan fingerprint density at radius 2 is 1.85 bits per heavy atom. The van der Waals surface area contributed by atoms with Crippen LogP contribution in [0.15, 0.2) is 0 Å². The first kappa shape index (κ1) is 15.3. The third-order valence-corrected chi connectivity index (χ3v) is 4.87. The van der Waals surface area contributed by atoms with E-state index in [1.165, 1.54) is 19.3 Å². The van der Waals surface area contributed by atoms with Crippen molar-refractivity contribution in [1.82, 2.24) is 10.2 Å². The summed E-state index contributed by atoms with van der Waals surface area (Å²) >= 11 is 0. The molecule has 2 amide bonds. The molecule has 0 aromatic rings. The predicted molar refractivity (Wildman–Crippen MR) is 79.1 cm³/mol. The second kappa shape index (κ2) is 5.74. The van der Waals surface area contributed by atoms with Crippen molar-refractivity contribution in [2.75, 3.05) is 6.54 Å². The summed E-state index contributed by atoms with van der Waals surface area (Å²) in [4.78, 5) is 26.6. The number of nitrogens with one attached hydrogen (secondary N) is 1. The fraction of sp³-hybridized carbons (Fsp3) is 0.875. The molecular formula is C16H28N2O2. The molecule has 1 aliphatic carbocycles. The van der Waals surface area contributed by atoms with Crippen LogP contribution in [0.1, 0.15) is 59.8 Å². The zero-order valence-corrected chi connectivity index (χ0v) is 13.2. The topological polar surface area (TPSA) is 49.4 Å². The Morgan fingerprint density at radius 3 is 2.50 bits per heavy atom. The number of carbonyl (C=O) groups is 2. The van der Waals surface area contributed by atoms with Gasteiger partial charge < -0.3 is 10.2 Å². The Morgan fingerprint density at radius 1 is 1.20 bits per heavy atom. The second-order valence-electron chi connectivity index (χ2n) is 7.18. The molecule has 2 rings (SSSR count). The van der Waals surface area contributed by atoms with Gasteiger partial charge in [0.05, 0.1) is 0 Å². The van der Waals surface area contributed by atoms with Gasteiger partial charge in [0.25, 0.3) is 0 Å². The van der Waals surface area contributed by atoms with Gasteiger partial charge in [0.2, 0.25) is 11.8 Å². The summed E-state index contributed by atoms with van der Waals surface area (Å²) < 4.78 is 0. The molecule has 1 heterocycles. The highest BCUT2D eigenvalue weighted by Crippen LogP contribution is 2.35. The van der Waals surface area contributed by atoms with Crippen molar-refractivity contribution >= 4 is 11.8 Å². The van der Waals surface area contributed by atoms with E-state index in [-0.39, 0.29) is 11.8 Å².